The third-order valence-corrected chi connectivity index (χ3v) is 10.7. The maximum absolute atomic E-state index is 2.46. The number of hydrogen-bond donors (Lipinski definition) is 0. The summed E-state index contributed by atoms with van der Waals surface area (Å²) in [5.41, 5.74) is 13.0. The normalized spacial score (nSPS) is 11.2. The molecule has 0 spiro atoms. The van der Waals surface area contributed by atoms with Crippen LogP contribution in [0.15, 0.2) is 200 Å². The lowest BCUT2D eigenvalue weighted by Crippen LogP contribution is -2.11. The van der Waals surface area contributed by atoms with Gasteiger partial charge in [0.2, 0.25) is 0 Å². The first-order chi connectivity index (χ1) is 24.8. The van der Waals surface area contributed by atoms with Crippen LogP contribution in [0.25, 0.3) is 64.7 Å². The second-order valence-corrected chi connectivity index (χ2v) is 13.6. The van der Waals surface area contributed by atoms with Crippen molar-refractivity contribution in [3.05, 3.63) is 200 Å². The predicted molar refractivity (Wildman–Crippen MR) is 216 cm³/mol. The molecule has 0 saturated heterocycles. The molecule has 0 bridgehead atoms. The van der Waals surface area contributed by atoms with Gasteiger partial charge in [-0.2, -0.15) is 0 Å². The summed E-state index contributed by atoms with van der Waals surface area (Å²) in [6.07, 6.45) is 0. The van der Waals surface area contributed by atoms with Crippen LogP contribution in [0, 0.1) is 0 Å². The van der Waals surface area contributed by atoms with Crippen LogP contribution < -0.4 is 4.90 Å². The monoisotopic (exact) mass is 655 g/mol. The van der Waals surface area contributed by atoms with E-state index >= 15 is 0 Å². The van der Waals surface area contributed by atoms with Gasteiger partial charge in [0.1, 0.15) is 0 Å². The average molecular weight is 656 g/mol. The second-order valence-electron chi connectivity index (χ2n) is 12.5. The van der Waals surface area contributed by atoms with Crippen LogP contribution in [0.4, 0.5) is 17.1 Å². The Kier molecular flexibility index (Phi) is 7.77. The highest BCUT2D eigenvalue weighted by atomic mass is 32.1. The molecule has 1 heterocycles. The lowest BCUT2D eigenvalue weighted by Gasteiger charge is -2.29. The smallest absolute Gasteiger partial charge is 0.0640 e. The van der Waals surface area contributed by atoms with Crippen molar-refractivity contribution in [2.45, 2.75) is 0 Å². The summed E-state index contributed by atoms with van der Waals surface area (Å²) in [6, 6.07) is 72.3. The van der Waals surface area contributed by atoms with Crippen LogP contribution in [0.2, 0.25) is 0 Å². The summed E-state index contributed by atoms with van der Waals surface area (Å²) in [7, 11) is 0. The molecule has 8 aromatic carbocycles. The summed E-state index contributed by atoms with van der Waals surface area (Å²) < 4.78 is 2.58. The maximum Gasteiger partial charge on any atom is 0.0640 e. The van der Waals surface area contributed by atoms with Crippen LogP contribution in [-0.2, 0) is 0 Å². The molecule has 0 radical (unpaired) electrons. The number of anilines is 3. The van der Waals surface area contributed by atoms with Gasteiger partial charge in [-0.05, 0) is 75.3 Å². The molecule has 236 valence electrons. The molecule has 0 aliphatic heterocycles. The topological polar surface area (TPSA) is 3.24 Å². The van der Waals surface area contributed by atoms with Crippen LogP contribution in [-0.4, -0.2) is 0 Å². The molecule has 9 aromatic rings. The van der Waals surface area contributed by atoms with Crippen molar-refractivity contribution in [1.29, 1.82) is 0 Å². The van der Waals surface area contributed by atoms with E-state index in [4.69, 9.17) is 0 Å². The zero-order chi connectivity index (χ0) is 33.3. The van der Waals surface area contributed by atoms with E-state index in [2.05, 4.69) is 205 Å². The minimum absolute atomic E-state index is 1.12. The molecule has 2 heteroatoms. The molecule has 9 rings (SSSR count). The fourth-order valence-electron chi connectivity index (χ4n) is 7.00. The molecule has 0 amide bonds. The second kappa shape index (κ2) is 13.0. The number of rotatable bonds is 7. The predicted octanol–water partition coefficient (Wildman–Crippen LogP) is 14.2. The van der Waals surface area contributed by atoms with E-state index in [1.165, 1.54) is 70.4 Å². The molecular formula is C48H33NS. The Labute approximate surface area is 297 Å². The van der Waals surface area contributed by atoms with Crippen LogP contribution >= 0.6 is 11.3 Å². The number of benzene rings is 8. The molecule has 0 atom stereocenters. The highest BCUT2D eigenvalue weighted by Gasteiger charge is 2.22. The number of fused-ring (bicyclic) bond motifs is 3. The quantitative estimate of drug-likeness (QED) is 0.165. The summed E-state index contributed by atoms with van der Waals surface area (Å²) >= 11 is 1.87. The zero-order valence-corrected chi connectivity index (χ0v) is 28.2. The summed E-state index contributed by atoms with van der Waals surface area (Å²) in [6.45, 7) is 0. The van der Waals surface area contributed by atoms with Gasteiger partial charge < -0.3 is 4.90 Å². The fraction of sp³-hybridized carbons (Fsp3) is 0. The third kappa shape index (κ3) is 5.56. The van der Waals surface area contributed by atoms with E-state index in [1.54, 1.807) is 0 Å². The van der Waals surface area contributed by atoms with Gasteiger partial charge in [0, 0.05) is 26.7 Å². The van der Waals surface area contributed by atoms with Gasteiger partial charge in [-0.25, -0.2) is 0 Å². The average Bonchev–Trinajstić information content (AvgIpc) is 3.59. The summed E-state index contributed by atoms with van der Waals surface area (Å²) in [4.78, 5) is 2.46. The highest BCUT2D eigenvalue weighted by molar-refractivity contribution is 7.26. The van der Waals surface area contributed by atoms with Gasteiger partial charge in [-0.1, -0.05) is 164 Å². The zero-order valence-electron chi connectivity index (χ0n) is 27.4. The van der Waals surface area contributed by atoms with E-state index in [0.717, 1.165) is 11.4 Å². The SMILES string of the molecule is c1ccc(-c2ccc(-c3ccc(N(c4ccc(-c5ccccc5)cc4)c4cccc5c4sc4ccccc45)c(-c4ccccc4)c3)cc2)cc1. The van der Waals surface area contributed by atoms with Gasteiger partial charge in [0.05, 0.1) is 16.1 Å². The van der Waals surface area contributed by atoms with Crippen LogP contribution in [0.1, 0.15) is 0 Å². The standard InChI is InChI=1S/C48H33NS/c1-4-13-34(14-5-1)36-23-25-38(26-24-36)40-29-32-45(44(33-40)39-17-8-3-9-18-39)49(41-30-27-37(28-31-41)35-15-6-2-7-16-35)46-21-12-20-43-42-19-10-11-22-47(42)50-48(43)46/h1-33H. The third-order valence-electron chi connectivity index (χ3n) is 9.50. The Morgan fingerprint density at radius 1 is 0.320 bits per heavy atom. The highest BCUT2D eigenvalue weighted by Crippen LogP contribution is 2.48. The first-order valence-electron chi connectivity index (χ1n) is 17.0. The Morgan fingerprint density at radius 3 is 1.44 bits per heavy atom. The van der Waals surface area contributed by atoms with Gasteiger partial charge in [-0.15, -0.1) is 11.3 Å². The lowest BCUT2D eigenvalue weighted by molar-refractivity contribution is 1.30. The van der Waals surface area contributed by atoms with Crippen molar-refractivity contribution < 1.29 is 0 Å². The van der Waals surface area contributed by atoms with Crippen molar-refractivity contribution in [1.82, 2.24) is 0 Å². The Hall–Kier alpha value is -6.22. The van der Waals surface area contributed by atoms with Crippen molar-refractivity contribution in [3.63, 3.8) is 0 Å². The van der Waals surface area contributed by atoms with Crippen molar-refractivity contribution >= 4 is 48.6 Å². The van der Waals surface area contributed by atoms with E-state index < -0.39 is 0 Å². The van der Waals surface area contributed by atoms with Gasteiger partial charge in [0.15, 0.2) is 0 Å². The first-order valence-corrected chi connectivity index (χ1v) is 17.8. The molecule has 0 aliphatic rings. The maximum atomic E-state index is 2.46. The van der Waals surface area contributed by atoms with Gasteiger partial charge in [-0.3, -0.25) is 0 Å². The molecule has 1 nitrogen and oxygen atoms in total. The molecule has 0 unspecified atom stereocenters. The van der Waals surface area contributed by atoms with E-state index in [0.29, 0.717) is 0 Å². The Bertz CT molecular complexity index is 2550. The molecule has 1 aromatic heterocycles. The van der Waals surface area contributed by atoms with Crippen LogP contribution in [0.3, 0.4) is 0 Å². The van der Waals surface area contributed by atoms with E-state index in [1.807, 2.05) is 11.3 Å². The van der Waals surface area contributed by atoms with Crippen LogP contribution in [0.5, 0.6) is 0 Å². The van der Waals surface area contributed by atoms with E-state index in [9.17, 15) is 0 Å². The van der Waals surface area contributed by atoms with Gasteiger partial charge in [0.25, 0.3) is 0 Å². The minimum atomic E-state index is 1.12. The van der Waals surface area contributed by atoms with Crippen molar-refractivity contribution in [2.75, 3.05) is 4.90 Å². The number of hydrogen-bond acceptors (Lipinski definition) is 2. The molecule has 50 heavy (non-hydrogen) atoms. The number of thiophene rings is 1. The van der Waals surface area contributed by atoms with Crippen molar-refractivity contribution in [2.24, 2.45) is 0 Å². The minimum Gasteiger partial charge on any atom is -0.308 e. The molecule has 0 fully saturated rings. The largest absolute Gasteiger partial charge is 0.308 e. The molecular weight excluding hydrogens is 623 g/mol. The summed E-state index contributed by atoms with van der Waals surface area (Å²) in [5.74, 6) is 0. The Balaban J connectivity index is 1.24. The molecule has 0 N–H and O–H groups in total. The Morgan fingerprint density at radius 2 is 0.800 bits per heavy atom. The fourth-order valence-corrected chi connectivity index (χ4v) is 8.20. The van der Waals surface area contributed by atoms with E-state index in [-0.39, 0.29) is 0 Å². The first kappa shape index (κ1) is 29.9. The lowest BCUT2D eigenvalue weighted by atomic mass is 9.95. The molecule has 0 aliphatic carbocycles. The van der Waals surface area contributed by atoms with Crippen molar-refractivity contribution in [3.8, 4) is 44.5 Å². The van der Waals surface area contributed by atoms with Gasteiger partial charge >= 0.3 is 0 Å². The summed E-state index contributed by atoms with van der Waals surface area (Å²) in [5, 5.41) is 2.58. The number of nitrogens with zero attached hydrogens (tertiary/aromatic N) is 1. The molecule has 0 saturated carbocycles.